The van der Waals surface area contributed by atoms with Crippen LogP contribution in [0.1, 0.15) is 42.4 Å². The summed E-state index contributed by atoms with van der Waals surface area (Å²) in [6, 6.07) is 5.90. The van der Waals surface area contributed by atoms with Crippen molar-refractivity contribution in [3.63, 3.8) is 0 Å². The van der Waals surface area contributed by atoms with Crippen LogP contribution in [0.15, 0.2) is 24.0 Å². The minimum atomic E-state index is -0.679. The minimum Gasteiger partial charge on any atom is -0.509 e. The SMILES string of the molecule is Cc1cccc(C)c1C1=C(O)C2(CCC3(CC2)OCCO3)NC1=O. The molecule has 1 aromatic rings. The Morgan fingerprint density at radius 3 is 2.21 bits per heavy atom. The number of aryl methyl sites for hydroxylation is 2. The lowest BCUT2D eigenvalue weighted by Crippen LogP contribution is -2.51. The van der Waals surface area contributed by atoms with Crippen LogP contribution >= 0.6 is 0 Å². The van der Waals surface area contributed by atoms with E-state index >= 15 is 0 Å². The molecule has 3 aliphatic rings. The molecule has 5 nitrogen and oxygen atoms in total. The first-order valence-corrected chi connectivity index (χ1v) is 8.57. The molecule has 1 aliphatic carbocycles. The van der Waals surface area contributed by atoms with E-state index in [2.05, 4.69) is 5.32 Å². The van der Waals surface area contributed by atoms with Crippen LogP contribution in [-0.2, 0) is 14.3 Å². The van der Waals surface area contributed by atoms with Crippen molar-refractivity contribution in [2.24, 2.45) is 0 Å². The Balaban J connectivity index is 1.70. The van der Waals surface area contributed by atoms with E-state index in [1.807, 2.05) is 32.0 Å². The van der Waals surface area contributed by atoms with Gasteiger partial charge in [-0.2, -0.15) is 0 Å². The Morgan fingerprint density at radius 2 is 1.62 bits per heavy atom. The number of aliphatic hydroxyl groups excluding tert-OH is 1. The standard InChI is InChI=1S/C19H23NO4/c1-12-4-3-5-13(2)14(12)15-16(21)18(20-17(15)22)6-8-19(9-7-18)23-10-11-24-19/h3-5,21H,6-11H2,1-2H3,(H,20,22). The van der Waals surface area contributed by atoms with E-state index in [-0.39, 0.29) is 11.7 Å². The Kier molecular flexibility index (Phi) is 3.48. The van der Waals surface area contributed by atoms with Gasteiger partial charge in [-0.1, -0.05) is 18.2 Å². The monoisotopic (exact) mass is 329 g/mol. The van der Waals surface area contributed by atoms with Gasteiger partial charge in [0.2, 0.25) is 0 Å². The summed E-state index contributed by atoms with van der Waals surface area (Å²) in [5, 5.41) is 14.0. The molecule has 128 valence electrons. The fraction of sp³-hybridized carbons (Fsp3) is 0.526. The van der Waals surface area contributed by atoms with Crippen LogP contribution < -0.4 is 5.32 Å². The van der Waals surface area contributed by atoms with Crippen molar-refractivity contribution in [1.29, 1.82) is 0 Å². The maximum atomic E-state index is 12.7. The van der Waals surface area contributed by atoms with Crippen molar-refractivity contribution in [2.75, 3.05) is 13.2 Å². The van der Waals surface area contributed by atoms with E-state index < -0.39 is 11.3 Å². The molecule has 0 atom stereocenters. The lowest BCUT2D eigenvalue weighted by Gasteiger charge is -2.41. The molecule has 2 fully saturated rings. The molecule has 5 heteroatoms. The Labute approximate surface area is 141 Å². The maximum Gasteiger partial charge on any atom is 0.256 e. The Morgan fingerprint density at radius 1 is 1.04 bits per heavy atom. The second-order valence-corrected chi connectivity index (χ2v) is 7.13. The number of aliphatic hydroxyl groups is 1. The highest BCUT2D eigenvalue weighted by atomic mass is 16.7. The van der Waals surface area contributed by atoms with Crippen molar-refractivity contribution in [2.45, 2.75) is 50.9 Å². The van der Waals surface area contributed by atoms with Gasteiger partial charge in [-0.15, -0.1) is 0 Å². The largest absolute Gasteiger partial charge is 0.509 e. The summed E-state index contributed by atoms with van der Waals surface area (Å²) in [4.78, 5) is 12.7. The van der Waals surface area contributed by atoms with Gasteiger partial charge in [0.05, 0.1) is 24.3 Å². The van der Waals surface area contributed by atoms with Gasteiger partial charge in [-0.05, 0) is 43.4 Å². The molecule has 2 aliphatic heterocycles. The first-order valence-electron chi connectivity index (χ1n) is 8.57. The third-order valence-electron chi connectivity index (χ3n) is 5.68. The highest BCUT2D eigenvalue weighted by Crippen LogP contribution is 2.47. The van der Waals surface area contributed by atoms with Crippen LogP contribution in [-0.4, -0.2) is 35.6 Å². The average molecular weight is 329 g/mol. The molecule has 2 heterocycles. The molecular formula is C19H23NO4. The highest BCUT2D eigenvalue weighted by molar-refractivity contribution is 6.23. The summed E-state index contributed by atoms with van der Waals surface area (Å²) in [6.45, 7) is 5.18. The number of benzene rings is 1. The van der Waals surface area contributed by atoms with Gasteiger partial charge < -0.3 is 19.9 Å². The molecule has 2 spiro atoms. The number of amides is 1. The summed E-state index contributed by atoms with van der Waals surface area (Å²) in [5.74, 6) is -0.524. The quantitative estimate of drug-likeness (QED) is 0.831. The molecule has 2 N–H and O–H groups in total. The second kappa shape index (κ2) is 5.33. The summed E-state index contributed by atoms with van der Waals surface area (Å²) >= 11 is 0. The van der Waals surface area contributed by atoms with Crippen LogP contribution in [0.25, 0.3) is 5.57 Å². The molecule has 0 bridgehead atoms. The van der Waals surface area contributed by atoms with Gasteiger partial charge in [-0.25, -0.2) is 0 Å². The van der Waals surface area contributed by atoms with Crippen molar-refractivity contribution < 1.29 is 19.4 Å². The van der Waals surface area contributed by atoms with Gasteiger partial charge >= 0.3 is 0 Å². The number of carbonyl (C=O) groups excluding carboxylic acids is 1. The van der Waals surface area contributed by atoms with Crippen molar-refractivity contribution >= 4 is 11.5 Å². The van der Waals surface area contributed by atoms with Crippen LogP contribution in [0.3, 0.4) is 0 Å². The third kappa shape index (κ3) is 2.19. The van der Waals surface area contributed by atoms with Crippen molar-refractivity contribution in [3.8, 4) is 0 Å². The van der Waals surface area contributed by atoms with Crippen LogP contribution in [0.4, 0.5) is 0 Å². The summed E-state index contributed by atoms with van der Waals surface area (Å²) in [5.41, 5.74) is 2.59. The summed E-state index contributed by atoms with van der Waals surface area (Å²) in [6.07, 6.45) is 2.60. The molecule has 1 saturated carbocycles. The van der Waals surface area contributed by atoms with Gasteiger partial charge in [0.25, 0.3) is 5.91 Å². The zero-order valence-corrected chi connectivity index (χ0v) is 14.1. The second-order valence-electron chi connectivity index (χ2n) is 7.13. The number of carbonyl (C=O) groups is 1. The molecular weight excluding hydrogens is 306 g/mol. The minimum absolute atomic E-state index is 0.178. The molecule has 1 aromatic carbocycles. The maximum absolute atomic E-state index is 12.7. The molecule has 24 heavy (non-hydrogen) atoms. The number of nitrogens with one attached hydrogen (secondary N) is 1. The Bertz CT molecular complexity index is 701. The average Bonchev–Trinajstić information content (AvgIpc) is 3.09. The molecule has 4 rings (SSSR count). The molecule has 1 saturated heterocycles. The normalized spacial score (nSPS) is 24.8. The molecule has 1 amide bonds. The van der Waals surface area contributed by atoms with Crippen molar-refractivity contribution in [3.05, 3.63) is 40.6 Å². The number of rotatable bonds is 1. The van der Waals surface area contributed by atoms with Crippen LogP contribution in [0.5, 0.6) is 0 Å². The van der Waals surface area contributed by atoms with E-state index in [1.54, 1.807) is 0 Å². The lowest BCUT2D eigenvalue weighted by atomic mass is 9.77. The Hall–Kier alpha value is -1.85. The predicted molar refractivity (Wildman–Crippen MR) is 89.4 cm³/mol. The fourth-order valence-electron chi connectivity index (χ4n) is 4.33. The third-order valence-corrected chi connectivity index (χ3v) is 5.68. The number of hydrogen-bond donors (Lipinski definition) is 2. The predicted octanol–water partition coefficient (Wildman–Crippen LogP) is 2.76. The van der Waals surface area contributed by atoms with E-state index in [0.29, 0.717) is 44.5 Å². The smallest absolute Gasteiger partial charge is 0.256 e. The van der Waals surface area contributed by atoms with Crippen LogP contribution in [0, 0.1) is 13.8 Å². The zero-order valence-electron chi connectivity index (χ0n) is 14.1. The zero-order chi connectivity index (χ0) is 16.9. The molecule has 0 aromatic heterocycles. The van der Waals surface area contributed by atoms with E-state index in [4.69, 9.17) is 9.47 Å². The van der Waals surface area contributed by atoms with Gasteiger partial charge in [0, 0.05) is 12.8 Å². The topological polar surface area (TPSA) is 67.8 Å². The fourth-order valence-corrected chi connectivity index (χ4v) is 4.33. The summed E-state index contributed by atoms with van der Waals surface area (Å²) in [7, 11) is 0. The van der Waals surface area contributed by atoms with Gasteiger partial charge in [0.1, 0.15) is 5.76 Å². The van der Waals surface area contributed by atoms with E-state index in [9.17, 15) is 9.90 Å². The number of hydrogen-bond acceptors (Lipinski definition) is 4. The first kappa shape index (κ1) is 15.7. The van der Waals surface area contributed by atoms with Crippen molar-refractivity contribution in [1.82, 2.24) is 5.32 Å². The van der Waals surface area contributed by atoms with Crippen LogP contribution in [0.2, 0.25) is 0 Å². The summed E-state index contributed by atoms with van der Waals surface area (Å²) < 4.78 is 11.5. The van der Waals surface area contributed by atoms with Gasteiger partial charge in [0.15, 0.2) is 5.79 Å². The first-order chi connectivity index (χ1) is 11.5. The lowest BCUT2D eigenvalue weighted by molar-refractivity contribution is -0.185. The van der Waals surface area contributed by atoms with E-state index in [1.165, 1.54) is 0 Å². The molecule has 0 radical (unpaired) electrons. The highest BCUT2D eigenvalue weighted by Gasteiger charge is 2.53. The molecule has 0 unspecified atom stereocenters. The van der Waals surface area contributed by atoms with E-state index in [0.717, 1.165) is 16.7 Å². The number of ether oxygens (including phenoxy) is 2. The van der Waals surface area contributed by atoms with Gasteiger partial charge in [-0.3, -0.25) is 4.79 Å².